The first kappa shape index (κ1) is 61.1. The van der Waals surface area contributed by atoms with Crippen LogP contribution in [0, 0.1) is 0 Å². The molecule has 0 spiro atoms. The van der Waals surface area contributed by atoms with Gasteiger partial charge in [0.2, 0.25) is 0 Å². The van der Waals surface area contributed by atoms with Crippen molar-refractivity contribution in [3.05, 3.63) is 94.4 Å². The van der Waals surface area contributed by atoms with E-state index in [2.05, 4.69) is 49.9 Å². The summed E-state index contributed by atoms with van der Waals surface area (Å²) in [5.74, 6) is -3.76. The standard InChI is InChI=1S/2C17H19N3O6.C16H18N4O6/c1-10(21)14-5-12(6-18-14)8-25-15(23)3-4-16(24)26-9-13-7-19-17(20-13)11(2)22;1-10(21)14-4-3-12(19-14)8-25-15(23)5-6-16(24)26-9-13-7-18-17(20-13)11(2)22;1-9(21)15-17-5-11(19-15)7-25-13(23)3-4-14(24)26-8-12-6-18-16(20-12)10(2)22/h6-7H,3-5,8-9H2,1-2H3,(H,19,20);3,7H,4-6,8-9H2,1-2H3,(H,18,20);5-6H,3-4,7-8H2,1-2H3,(H,17,19)(H,18,20). The Morgan fingerprint density at radius 2 is 0.692 bits per heavy atom. The molecule has 0 aliphatic carbocycles. The third-order valence-electron chi connectivity index (χ3n) is 10.2. The van der Waals surface area contributed by atoms with Crippen molar-refractivity contribution in [2.24, 2.45) is 9.98 Å². The summed E-state index contributed by atoms with van der Waals surface area (Å²) in [6.07, 6.45) is 8.87. The number of hydrogen-bond acceptors (Lipinski definition) is 24. The fourth-order valence-electron chi connectivity index (χ4n) is 6.02. The summed E-state index contributed by atoms with van der Waals surface area (Å²) in [7, 11) is 0. The van der Waals surface area contributed by atoms with Crippen molar-refractivity contribution in [1.29, 1.82) is 0 Å². The number of aromatic amines is 4. The number of aliphatic imine (C=N–C) groups is 2. The summed E-state index contributed by atoms with van der Waals surface area (Å²) in [4.78, 5) is 171. The van der Waals surface area contributed by atoms with Crippen LogP contribution in [0.1, 0.15) is 158 Å². The number of aromatic nitrogens is 8. The van der Waals surface area contributed by atoms with Gasteiger partial charge in [0.1, 0.15) is 39.6 Å². The smallest absolute Gasteiger partial charge is 0.306 e. The highest BCUT2D eigenvalue weighted by Gasteiger charge is 2.19. The molecule has 78 heavy (non-hydrogen) atoms. The predicted molar refractivity (Wildman–Crippen MR) is 265 cm³/mol. The van der Waals surface area contributed by atoms with Crippen LogP contribution in [0.2, 0.25) is 0 Å². The van der Waals surface area contributed by atoms with Gasteiger partial charge in [-0.05, 0) is 5.57 Å². The third-order valence-corrected chi connectivity index (χ3v) is 10.2. The molecule has 4 aromatic rings. The van der Waals surface area contributed by atoms with Crippen molar-refractivity contribution in [1.82, 2.24) is 39.9 Å². The van der Waals surface area contributed by atoms with Gasteiger partial charge in [-0.1, -0.05) is 6.08 Å². The summed E-state index contributed by atoms with van der Waals surface area (Å²) in [5.41, 5.74) is 4.05. The Kier molecular flexibility index (Phi) is 24.1. The normalized spacial score (nSPS) is 12.1. The Balaban J connectivity index is 0.000000252. The summed E-state index contributed by atoms with van der Waals surface area (Å²) in [6.45, 7) is 8.05. The van der Waals surface area contributed by atoms with E-state index in [1.165, 1.54) is 72.5 Å². The second kappa shape index (κ2) is 30.8. The van der Waals surface area contributed by atoms with Gasteiger partial charge in [0.15, 0.2) is 58.0 Å². The minimum absolute atomic E-state index is 0.0351. The molecule has 4 aromatic heterocycles. The van der Waals surface area contributed by atoms with Crippen molar-refractivity contribution >= 4 is 81.9 Å². The van der Waals surface area contributed by atoms with E-state index in [1.807, 2.05) is 0 Å². The summed E-state index contributed by atoms with van der Waals surface area (Å²) in [6, 6.07) is 0. The van der Waals surface area contributed by atoms with E-state index in [9.17, 15) is 57.5 Å². The highest BCUT2D eigenvalue weighted by atomic mass is 16.6. The molecule has 2 aliphatic heterocycles. The fraction of sp³-hybridized carbons (Fsp3) is 0.400. The van der Waals surface area contributed by atoms with E-state index >= 15 is 0 Å². The molecule has 2 aliphatic rings. The summed E-state index contributed by atoms with van der Waals surface area (Å²) < 4.78 is 30.0. The van der Waals surface area contributed by atoms with Gasteiger partial charge in [-0.3, -0.25) is 67.5 Å². The van der Waals surface area contributed by atoms with E-state index in [1.54, 1.807) is 6.08 Å². The zero-order valence-corrected chi connectivity index (χ0v) is 43.4. The van der Waals surface area contributed by atoms with Gasteiger partial charge in [0.25, 0.3) is 0 Å². The first-order chi connectivity index (χ1) is 37.0. The van der Waals surface area contributed by atoms with Gasteiger partial charge in [-0.25, -0.2) is 19.9 Å². The van der Waals surface area contributed by atoms with Crippen molar-refractivity contribution in [3.63, 3.8) is 0 Å². The largest absolute Gasteiger partial charge is 0.461 e. The van der Waals surface area contributed by atoms with Crippen LogP contribution in [-0.4, -0.2) is 135 Å². The molecule has 0 fully saturated rings. The molecule has 4 N–H and O–H groups in total. The van der Waals surface area contributed by atoms with Gasteiger partial charge in [-0.15, -0.1) is 0 Å². The molecule has 414 valence electrons. The maximum absolute atomic E-state index is 11.7. The molecule has 28 heteroatoms. The van der Waals surface area contributed by atoms with Crippen molar-refractivity contribution in [2.45, 2.75) is 119 Å². The number of ketones is 6. The first-order valence-electron chi connectivity index (χ1n) is 23.7. The second-order valence-corrected chi connectivity index (χ2v) is 16.8. The van der Waals surface area contributed by atoms with Crippen LogP contribution in [-0.2, 0) is 93.2 Å². The Labute approximate surface area is 443 Å². The van der Waals surface area contributed by atoms with Gasteiger partial charge in [0.05, 0.1) is 103 Å². The van der Waals surface area contributed by atoms with E-state index < -0.39 is 35.8 Å². The number of carbonyl (C=O) groups is 12. The number of hydrogen-bond donors (Lipinski definition) is 4. The average molecular weight is 1090 g/mol. The molecule has 0 bridgehead atoms. The van der Waals surface area contributed by atoms with Crippen LogP contribution in [0.5, 0.6) is 0 Å². The topological polar surface area (TPSA) is 400 Å². The van der Waals surface area contributed by atoms with Gasteiger partial charge in [-0.2, -0.15) is 0 Å². The second-order valence-electron chi connectivity index (χ2n) is 16.8. The number of carbonyl (C=O) groups excluding carboxylic acids is 12. The number of rotatable bonds is 27. The van der Waals surface area contributed by atoms with Gasteiger partial charge >= 0.3 is 35.8 Å². The molecule has 0 aromatic carbocycles. The van der Waals surface area contributed by atoms with Crippen LogP contribution in [0.3, 0.4) is 0 Å². The maximum atomic E-state index is 11.7. The van der Waals surface area contributed by atoms with Crippen LogP contribution < -0.4 is 0 Å². The Morgan fingerprint density at radius 3 is 0.949 bits per heavy atom. The Bertz CT molecular complexity index is 2970. The first-order valence-corrected chi connectivity index (χ1v) is 23.7. The molecule has 6 rings (SSSR count). The minimum atomic E-state index is -0.582. The van der Waals surface area contributed by atoms with Crippen LogP contribution >= 0.6 is 0 Å². The fourth-order valence-corrected chi connectivity index (χ4v) is 6.02. The van der Waals surface area contributed by atoms with Crippen molar-refractivity contribution < 1.29 is 86.0 Å². The van der Waals surface area contributed by atoms with Crippen molar-refractivity contribution in [2.75, 3.05) is 13.2 Å². The number of ether oxygens (including phenoxy) is 6. The lowest BCUT2D eigenvalue weighted by atomic mass is 10.1. The molecule has 0 saturated heterocycles. The number of H-pyrrole nitrogens is 4. The Morgan fingerprint density at radius 1 is 0.397 bits per heavy atom. The highest BCUT2D eigenvalue weighted by Crippen LogP contribution is 2.15. The molecule has 0 radical (unpaired) electrons. The van der Waals surface area contributed by atoms with E-state index in [-0.39, 0.29) is 136 Å². The van der Waals surface area contributed by atoms with Crippen LogP contribution in [0.15, 0.2) is 58.3 Å². The minimum Gasteiger partial charge on any atom is -0.461 e. The van der Waals surface area contributed by atoms with E-state index in [0.717, 1.165) is 5.57 Å². The summed E-state index contributed by atoms with van der Waals surface area (Å²) in [5, 5.41) is 0. The number of nitrogens with zero attached hydrogens (tertiary/aromatic N) is 6. The Hall–Kier alpha value is -9.50. The quantitative estimate of drug-likeness (QED) is 0.0375. The SMILES string of the molecule is CC(=O)C1=NC(COC(=O)CCC(=O)OCc2cnc(C(C)=O)[nH]2)=CC1.CC(=O)C1=NC=C(COC(=O)CCC(=O)OCc2cnc(C(C)=O)[nH]2)C1.CC(=O)c1ncc(COC(=O)CCC(=O)OCc2cnc(C(C)=O)[nH]2)[nH]1. The summed E-state index contributed by atoms with van der Waals surface area (Å²) >= 11 is 0. The molecule has 0 atom stereocenters. The zero-order chi connectivity index (χ0) is 57.3. The van der Waals surface area contributed by atoms with Crippen molar-refractivity contribution in [3.8, 4) is 0 Å². The predicted octanol–water partition coefficient (Wildman–Crippen LogP) is 3.70. The highest BCUT2D eigenvalue weighted by molar-refractivity contribution is 6.40. The average Bonchev–Trinajstić information content (AvgIpc) is 4.27. The number of allylic oxidation sites excluding steroid dienone is 1. The van der Waals surface area contributed by atoms with Gasteiger partial charge < -0.3 is 48.4 Å². The lowest BCUT2D eigenvalue weighted by Gasteiger charge is -2.06. The lowest BCUT2D eigenvalue weighted by molar-refractivity contribution is -0.151. The number of Topliss-reactive ketones (excluding diaryl/α,β-unsaturated/α-hetero) is 6. The zero-order valence-electron chi connectivity index (χ0n) is 43.4. The molecule has 0 saturated carbocycles. The molecule has 0 amide bonds. The number of esters is 6. The van der Waals surface area contributed by atoms with Crippen LogP contribution in [0.25, 0.3) is 0 Å². The molecular weight excluding hydrogens is 1030 g/mol. The molecule has 6 heterocycles. The molecule has 28 nitrogen and oxygen atoms in total. The molecule has 0 unspecified atom stereocenters. The third kappa shape index (κ3) is 22.1. The molecular formula is C50H56N10O18. The van der Waals surface area contributed by atoms with E-state index in [0.29, 0.717) is 52.7 Å². The number of imidazole rings is 4. The maximum Gasteiger partial charge on any atom is 0.306 e. The monoisotopic (exact) mass is 1080 g/mol. The van der Waals surface area contributed by atoms with E-state index in [4.69, 9.17) is 28.4 Å². The lowest BCUT2D eigenvalue weighted by Crippen LogP contribution is -2.13. The van der Waals surface area contributed by atoms with Crippen LogP contribution in [0.4, 0.5) is 0 Å². The van der Waals surface area contributed by atoms with Gasteiger partial charge in [0, 0.05) is 60.6 Å². The number of nitrogens with one attached hydrogen (secondary N) is 4.